The monoisotopic (exact) mass is 361 g/mol. The Kier molecular flexibility index (Phi) is 6.30. The van der Waals surface area contributed by atoms with Gasteiger partial charge in [0, 0.05) is 5.56 Å². The predicted molar refractivity (Wildman–Crippen MR) is 94.2 cm³/mol. The number of amides is 1. The number of methoxy groups -OCH3 is 1. The molecular formula is C18H19NO5S. The van der Waals surface area contributed by atoms with Gasteiger partial charge in [-0.3, -0.25) is 9.59 Å². The number of ketones is 1. The molecule has 25 heavy (non-hydrogen) atoms. The van der Waals surface area contributed by atoms with E-state index in [-0.39, 0.29) is 16.7 Å². The Morgan fingerprint density at radius 2 is 1.80 bits per heavy atom. The number of nitrogens with one attached hydrogen (secondary N) is 1. The van der Waals surface area contributed by atoms with Gasteiger partial charge >= 0.3 is 5.97 Å². The fourth-order valence-electron chi connectivity index (χ4n) is 2.22. The van der Waals surface area contributed by atoms with E-state index in [9.17, 15) is 14.4 Å². The summed E-state index contributed by atoms with van der Waals surface area (Å²) in [5, 5.41) is 2.75. The van der Waals surface area contributed by atoms with E-state index in [2.05, 4.69) is 5.32 Å². The molecule has 0 radical (unpaired) electrons. The zero-order valence-corrected chi connectivity index (χ0v) is 15.0. The minimum atomic E-state index is -0.627. The Balaban J connectivity index is 1.89. The summed E-state index contributed by atoms with van der Waals surface area (Å²) in [6.45, 7) is 2.84. The first-order valence-corrected chi connectivity index (χ1v) is 8.44. The third-order valence-electron chi connectivity index (χ3n) is 3.47. The second kappa shape index (κ2) is 8.43. The van der Waals surface area contributed by atoms with E-state index >= 15 is 0 Å². The van der Waals surface area contributed by atoms with Crippen LogP contribution in [-0.2, 0) is 9.53 Å². The quantitative estimate of drug-likeness (QED) is 0.606. The lowest BCUT2D eigenvalue weighted by Gasteiger charge is -2.17. The van der Waals surface area contributed by atoms with Crippen molar-refractivity contribution in [2.24, 2.45) is 0 Å². The van der Waals surface area contributed by atoms with E-state index in [1.54, 1.807) is 19.2 Å². The Morgan fingerprint density at radius 1 is 1.12 bits per heavy atom. The second-order valence-corrected chi connectivity index (χ2v) is 6.41. The molecule has 0 aliphatic carbocycles. The van der Waals surface area contributed by atoms with Crippen LogP contribution in [0.15, 0.2) is 36.4 Å². The van der Waals surface area contributed by atoms with Crippen LogP contribution in [0.25, 0.3) is 0 Å². The number of benzene rings is 1. The number of hydrogen-bond acceptors (Lipinski definition) is 6. The van der Waals surface area contributed by atoms with Gasteiger partial charge in [0.05, 0.1) is 18.0 Å². The molecule has 1 heterocycles. The molecule has 1 aromatic carbocycles. The number of hydrogen-bond donors (Lipinski definition) is 1. The number of carbonyl (C=O) groups excluding carboxylic acids is 3. The Labute approximate surface area is 149 Å². The number of Topliss-reactive ketones (excluding diaryl/α,β-unsaturated/α-hetero) is 1. The smallest absolute Gasteiger partial charge is 0.348 e. The van der Waals surface area contributed by atoms with E-state index < -0.39 is 18.5 Å². The lowest BCUT2D eigenvalue weighted by atomic mass is 10.1. The fourth-order valence-corrected chi connectivity index (χ4v) is 3.02. The fraction of sp³-hybridized carbons (Fsp3) is 0.278. The lowest BCUT2D eigenvalue weighted by molar-refractivity contribution is -0.124. The minimum absolute atomic E-state index is 0.118. The highest BCUT2D eigenvalue weighted by Crippen LogP contribution is 2.24. The first-order chi connectivity index (χ1) is 11.9. The number of para-hydroxylation sites is 1. The van der Waals surface area contributed by atoms with E-state index in [0.29, 0.717) is 10.6 Å². The molecule has 6 nitrogen and oxygen atoms in total. The van der Waals surface area contributed by atoms with Gasteiger partial charge in [-0.1, -0.05) is 18.2 Å². The predicted octanol–water partition coefficient (Wildman–Crippen LogP) is 2.99. The van der Waals surface area contributed by atoms with Crippen LogP contribution in [0.3, 0.4) is 0 Å². The third-order valence-corrected chi connectivity index (χ3v) is 4.64. The van der Waals surface area contributed by atoms with Gasteiger partial charge in [-0.05, 0) is 32.0 Å². The molecule has 2 rings (SSSR count). The highest BCUT2D eigenvalue weighted by Gasteiger charge is 2.17. The maximum Gasteiger partial charge on any atom is 0.348 e. The summed E-state index contributed by atoms with van der Waals surface area (Å²) in [5.41, 5.74) is 0.828. The summed E-state index contributed by atoms with van der Waals surface area (Å²) in [6, 6.07) is 10.1. The van der Waals surface area contributed by atoms with Crippen LogP contribution in [0, 0.1) is 0 Å². The molecular weight excluding hydrogens is 342 g/mol. The summed E-state index contributed by atoms with van der Waals surface area (Å²) in [7, 11) is 1.56. The molecule has 1 amide bonds. The normalized spacial score (nSPS) is 11.5. The molecule has 1 aromatic heterocycles. The van der Waals surface area contributed by atoms with E-state index in [4.69, 9.17) is 9.47 Å². The molecule has 7 heteroatoms. The van der Waals surface area contributed by atoms with Gasteiger partial charge in [-0.2, -0.15) is 0 Å². The van der Waals surface area contributed by atoms with Gasteiger partial charge < -0.3 is 14.8 Å². The number of esters is 1. The van der Waals surface area contributed by atoms with Crippen molar-refractivity contribution in [2.45, 2.75) is 19.9 Å². The maximum atomic E-state index is 12.0. The molecule has 0 aliphatic heterocycles. The Morgan fingerprint density at radius 3 is 2.44 bits per heavy atom. The first-order valence-electron chi connectivity index (χ1n) is 7.62. The van der Waals surface area contributed by atoms with Crippen molar-refractivity contribution in [3.63, 3.8) is 0 Å². The molecule has 0 fully saturated rings. The molecule has 0 bridgehead atoms. The summed E-state index contributed by atoms with van der Waals surface area (Å²) in [5.74, 6) is -0.497. The highest BCUT2D eigenvalue weighted by atomic mass is 32.1. The molecule has 2 aromatic rings. The minimum Gasteiger partial charge on any atom is -0.496 e. The summed E-state index contributed by atoms with van der Waals surface area (Å²) < 4.78 is 10.3. The van der Waals surface area contributed by atoms with Gasteiger partial charge in [-0.15, -0.1) is 11.3 Å². The average molecular weight is 361 g/mol. The Hall–Kier alpha value is -2.67. The lowest BCUT2D eigenvalue weighted by Crippen LogP contribution is -2.31. The summed E-state index contributed by atoms with van der Waals surface area (Å²) >= 11 is 1.04. The van der Waals surface area contributed by atoms with Crippen molar-refractivity contribution < 1.29 is 23.9 Å². The third kappa shape index (κ3) is 4.90. The van der Waals surface area contributed by atoms with Crippen LogP contribution < -0.4 is 10.1 Å². The van der Waals surface area contributed by atoms with E-state index in [1.807, 2.05) is 25.1 Å². The van der Waals surface area contributed by atoms with Crippen molar-refractivity contribution in [2.75, 3.05) is 13.7 Å². The van der Waals surface area contributed by atoms with Gasteiger partial charge in [0.2, 0.25) is 0 Å². The molecule has 0 saturated carbocycles. The zero-order valence-electron chi connectivity index (χ0n) is 14.2. The van der Waals surface area contributed by atoms with E-state index in [1.165, 1.54) is 13.0 Å². The van der Waals surface area contributed by atoms with Gasteiger partial charge in [0.1, 0.15) is 10.6 Å². The number of thiophene rings is 1. The first kappa shape index (κ1) is 18.7. The van der Waals surface area contributed by atoms with Crippen LogP contribution in [0.2, 0.25) is 0 Å². The number of ether oxygens (including phenoxy) is 2. The standard InChI is InChI=1S/C18H19NO5S/c1-11(13-6-4-5-7-14(13)23-3)19-17(21)10-24-18(22)16-9-8-15(25-16)12(2)20/h4-9,11H,10H2,1-3H3,(H,19,21). The van der Waals surface area contributed by atoms with Crippen LogP contribution in [0.5, 0.6) is 5.75 Å². The topological polar surface area (TPSA) is 81.7 Å². The Bertz CT molecular complexity index is 783. The highest BCUT2D eigenvalue weighted by molar-refractivity contribution is 7.15. The zero-order chi connectivity index (χ0) is 18.4. The van der Waals surface area contributed by atoms with Crippen molar-refractivity contribution in [3.05, 3.63) is 51.7 Å². The van der Waals surface area contributed by atoms with E-state index in [0.717, 1.165) is 16.9 Å². The van der Waals surface area contributed by atoms with Gasteiger partial charge in [0.15, 0.2) is 12.4 Å². The second-order valence-electron chi connectivity index (χ2n) is 5.33. The van der Waals surface area contributed by atoms with Crippen molar-refractivity contribution >= 4 is 29.0 Å². The molecule has 0 aliphatic rings. The average Bonchev–Trinajstić information content (AvgIpc) is 3.10. The number of rotatable bonds is 7. The van der Waals surface area contributed by atoms with Crippen molar-refractivity contribution in [3.8, 4) is 5.75 Å². The van der Waals surface area contributed by atoms with Crippen LogP contribution in [0.1, 0.15) is 44.8 Å². The van der Waals surface area contributed by atoms with Gasteiger partial charge in [-0.25, -0.2) is 4.79 Å². The molecule has 0 saturated heterocycles. The molecule has 1 unspecified atom stereocenters. The number of carbonyl (C=O) groups is 3. The maximum absolute atomic E-state index is 12.0. The summed E-state index contributed by atoms with van der Waals surface area (Å²) in [6.07, 6.45) is 0. The van der Waals surface area contributed by atoms with Crippen molar-refractivity contribution in [1.82, 2.24) is 5.32 Å². The largest absolute Gasteiger partial charge is 0.496 e. The van der Waals surface area contributed by atoms with Crippen molar-refractivity contribution in [1.29, 1.82) is 0 Å². The summed E-state index contributed by atoms with van der Waals surface area (Å²) in [4.78, 5) is 35.9. The molecule has 1 atom stereocenters. The molecule has 1 N–H and O–H groups in total. The van der Waals surface area contributed by atoms with Crippen LogP contribution in [-0.4, -0.2) is 31.4 Å². The molecule has 132 valence electrons. The van der Waals surface area contributed by atoms with Gasteiger partial charge in [0.25, 0.3) is 5.91 Å². The van der Waals surface area contributed by atoms with Crippen LogP contribution in [0.4, 0.5) is 0 Å². The SMILES string of the molecule is COc1ccccc1C(C)NC(=O)COC(=O)c1ccc(C(C)=O)s1. The molecule has 0 spiro atoms. The van der Waals surface area contributed by atoms with Crippen LogP contribution >= 0.6 is 11.3 Å².